The van der Waals surface area contributed by atoms with E-state index in [0.717, 1.165) is 43.9 Å². The van der Waals surface area contributed by atoms with Crippen LogP contribution in [0.5, 0.6) is 0 Å². The first-order valence-corrected chi connectivity index (χ1v) is 9.68. The first-order valence-electron chi connectivity index (χ1n) is 8.42. The summed E-state index contributed by atoms with van der Waals surface area (Å²) in [6.45, 7) is 10.1. The Morgan fingerprint density at radius 3 is 2.96 bits per heavy atom. The maximum atomic E-state index is 9.09. The highest BCUT2D eigenvalue weighted by Gasteiger charge is 2.28. The van der Waals surface area contributed by atoms with E-state index in [0.29, 0.717) is 16.6 Å². The van der Waals surface area contributed by atoms with Gasteiger partial charge in [-0.15, -0.1) is 11.3 Å². The number of thiophene rings is 1. The molecule has 1 fully saturated rings. The highest BCUT2D eigenvalue weighted by atomic mass is 35.5. The van der Waals surface area contributed by atoms with Crippen molar-refractivity contribution in [3.63, 3.8) is 0 Å². The van der Waals surface area contributed by atoms with Crippen LogP contribution in [0.15, 0.2) is 47.9 Å². The van der Waals surface area contributed by atoms with E-state index in [1.165, 1.54) is 4.88 Å². The van der Waals surface area contributed by atoms with E-state index in [-0.39, 0.29) is 0 Å². The number of benzene rings is 1. The molecule has 25 heavy (non-hydrogen) atoms. The Labute approximate surface area is 158 Å². The zero-order chi connectivity index (χ0) is 17.8. The van der Waals surface area contributed by atoms with Crippen molar-refractivity contribution in [3.05, 3.63) is 63.3 Å². The number of hydrogen-bond acceptors (Lipinski definition) is 4. The monoisotopic (exact) mass is 371 g/mol. The lowest BCUT2D eigenvalue weighted by atomic mass is 10.1. The lowest BCUT2D eigenvalue weighted by Crippen LogP contribution is -2.38. The first-order chi connectivity index (χ1) is 12.1. The van der Waals surface area contributed by atoms with E-state index in [2.05, 4.69) is 46.9 Å². The van der Waals surface area contributed by atoms with Gasteiger partial charge >= 0.3 is 0 Å². The third kappa shape index (κ3) is 4.43. The van der Waals surface area contributed by atoms with Gasteiger partial charge in [-0.2, -0.15) is 5.26 Å². The summed E-state index contributed by atoms with van der Waals surface area (Å²) < 4.78 is 0. The number of nitrogens with zero attached hydrogens (tertiary/aromatic N) is 3. The largest absolute Gasteiger partial charge is 0.363 e. The third-order valence-corrected chi connectivity index (χ3v) is 5.67. The Hall–Kier alpha value is -1.80. The predicted octanol–water partition coefficient (Wildman–Crippen LogP) is 4.93. The highest BCUT2D eigenvalue weighted by molar-refractivity contribution is 7.09. The summed E-state index contributed by atoms with van der Waals surface area (Å²) in [6.07, 6.45) is 1.12. The SMILES string of the molecule is C=C(C)CN(c1ccc(C#N)c(Cl)c1)[C@H]1CCN(Cc2cccs2)C1. The van der Waals surface area contributed by atoms with Gasteiger partial charge < -0.3 is 4.90 Å². The van der Waals surface area contributed by atoms with Gasteiger partial charge in [0.15, 0.2) is 0 Å². The van der Waals surface area contributed by atoms with Crippen molar-refractivity contribution >= 4 is 28.6 Å². The fraction of sp³-hybridized carbons (Fsp3) is 0.350. The second-order valence-corrected chi connectivity index (χ2v) is 8.06. The van der Waals surface area contributed by atoms with Crippen LogP contribution in [0.25, 0.3) is 0 Å². The third-order valence-electron chi connectivity index (χ3n) is 4.49. The summed E-state index contributed by atoms with van der Waals surface area (Å²) in [6, 6.07) is 12.6. The molecule has 1 aromatic heterocycles. The minimum atomic E-state index is 0.431. The molecule has 0 unspecified atom stereocenters. The second-order valence-electron chi connectivity index (χ2n) is 6.62. The van der Waals surface area contributed by atoms with Crippen LogP contribution >= 0.6 is 22.9 Å². The maximum Gasteiger partial charge on any atom is 0.101 e. The maximum absolute atomic E-state index is 9.09. The van der Waals surface area contributed by atoms with Crippen LogP contribution in [-0.4, -0.2) is 30.6 Å². The van der Waals surface area contributed by atoms with Gasteiger partial charge in [0.05, 0.1) is 10.6 Å². The summed E-state index contributed by atoms with van der Waals surface area (Å²) in [5.41, 5.74) is 2.71. The molecule has 1 atom stereocenters. The van der Waals surface area contributed by atoms with Gasteiger partial charge in [0, 0.05) is 42.8 Å². The van der Waals surface area contributed by atoms with Crippen molar-refractivity contribution in [2.45, 2.75) is 25.9 Å². The van der Waals surface area contributed by atoms with Crippen LogP contribution in [0.3, 0.4) is 0 Å². The van der Waals surface area contributed by atoms with Gasteiger partial charge in [0.25, 0.3) is 0 Å². The molecule has 0 amide bonds. The molecule has 0 aliphatic carbocycles. The Bertz CT molecular complexity index is 779. The molecule has 2 heterocycles. The molecule has 1 aromatic carbocycles. The summed E-state index contributed by atoms with van der Waals surface area (Å²) in [5, 5.41) is 11.7. The molecule has 1 aliphatic heterocycles. The van der Waals surface area contributed by atoms with E-state index in [1.807, 2.05) is 29.5 Å². The van der Waals surface area contributed by atoms with Crippen LogP contribution in [0, 0.1) is 11.3 Å². The molecule has 3 rings (SSSR count). The number of rotatable bonds is 6. The Morgan fingerprint density at radius 2 is 2.32 bits per heavy atom. The summed E-state index contributed by atoms with van der Waals surface area (Å²) in [7, 11) is 0. The van der Waals surface area contributed by atoms with Crippen molar-refractivity contribution in [1.82, 2.24) is 4.90 Å². The lowest BCUT2D eigenvalue weighted by molar-refractivity contribution is 0.328. The van der Waals surface area contributed by atoms with Crippen LogP contribution in [0.1, 0.15) is 23.8 Å². The lowest BCUT2D eigenvalue weighted by Gasteiger charge is -2.32. The van der Waals surface area contributed by atoms with Gasteiger partial charge in [-0.05, 0) is 43.0 Å². The molecule has 0 saturated carbocycles. The number of anilines is 1. The van der Waals surface area contributed by atoms with Crippen molar-refractivity contribution in [2.75, 3.05) is 24.5 Å². The van der Waals surface area contributed by atoms with Gasteiger partial charge in [0.2, 0.25) is 0 Å². The number of likely N-dealkylation sites (tertiary alicyclic amines) is 1. The van der Waals surface area contributed by atoms with E-state index in [4.69, 9.17) is 16.9 Å². The molecule has 5 heteroatoms. The van der Waals surface area contributed by atoms with Crippen LogP contribution in [0.2, 0.25) is 5.02 Å². The van der Waals surface area contributed by atoms with Crippen molar-refractivity contribution in [1.29, 1.82) is 5.26 Å². The molecule has 0 bridgehead atoms. The average molecular weight is 372 g/mol. The van der Waals surface area contributed by atoms with Crippen molar-refractivity contribution in [3.8, 4) is 6.07 Å². The molecular weight excluding hydrogens is 350 g/mol. The zero-order valence-corrected chi connectivity index (χ0v) is 16.0. The summed E-state index contributed by atoms with van der Waals surface area (Å²) >= 11 is 8.07. The Balaban J connectivity index is 1.76. The molecule has 130 valence electrons. The number of nitriles is 1. The minimum absolute atomic E-state index is 0.431. The predicted molar refractivity (Wildman–Crippen MR) is 106 cm³/mol. The number of hydrogen-bond donors (Lipinski definition) is 0. The standard InChI is InChI=1S/C20H22ClN3S/c1-15(2)12-24(17-6-5-16(11-22)20(21)10-17)18-7-8-23(13-18)14-19-4-3-9-25-19/h3-6,9-10,18H,1,7-8,12-14H2,2H3/t18-/m0/s1. The Morgan fingerprint density at radius 1 is 1.48 bits per heavy atom. The number of halogens is 1. The molecule has 0 N–H and O–H groups in total. The quantitative estimate of drug-likeness (QED) is 0.674. The van der Waals surface area contributed by atoms with E-state index in [9.17, 15) is 0 Å². The van der Waals surface area contributed by atoms with Gasteiger partial charge in [0.1, 0.15) is 6.07 Å². The van der Waals surface area contributed by atoms with Crippen LogP contribution < -0.4 is 4.90 Å². The summed E-state index contributed by atoms with van der Waals surface area (Å²) in [4.78, 5) is 6.30. The van der Waals surface area contributed by atoms with E-state index in [1.54, 1.807) is 0 Å². The average Bonchev–Trinajstić information content (AvgIpc) is 3.25. The molecular formula is C20H22ClN3S. The zero-order valence-electron chi connectivity index (χ0n) is 14.4. The minimum Gasteiger partial charge on any atom is -0.363 e. The highest BCUT2D eigenvalue weighted by Crippen LogP contribution is 2.29. The molecule has 0 spiro atoms. The molecule has 1 aliphatic rings. The van der Waals surface area contributed by atoms with Crippen molar-refractivity contribution < 1.29 is 0 Å². The van der Waals surface area contributed by atoms with E-state index >= 15 is 0 Å². The second kappa shape index (κ2) is 8.05. The van der Waals surface area contributed by atoms with E-state index < -0.39 is 0 Å². The molecule has 1 saturated heterocycles. The topological polar surface area (TPSA) is 30.3 Å². The van der Waals surface area contributed by atoms with Gasteiger partial charge in [-0.3, -0.25) is 4.90 Å². The molecule has 3 nitrogen and oxygen atoms in total. The van der Waals surface area contributed by atoms with Crippen LogP contribution in [-0.2, 0) is 6.54 Å². The van der Waals surface area contributed by atoms with Crippen molar-refractivity contribution in [2.24, 2.45) is 0 Å². The fourth-order valence-corrected chi connectivity index (χ4v) is 4.29. The molecule has 0 radical (unpaired) electrons. The Kier molecular flexibility index (Phi) is 5.80. The van der Waals surface area contributed by atoms with Crippen LogP contribution in [0.4, 0.5) is 5.69 Å². The summed E-state index contributed by atoms with van der Waals surface area (Å²) in [5.74, 6) is 0. The van der Waals surface area contributed by atoms with Gasteiger partial charge in [-0.25, -0.2) is 0 Å². The normalized spacial score (nSPS) is 17.4. The first kappa shape index (κ1) is 18.0. The fourth-order valence-electron chi connectivity index (χ4n) is 3.33. The smallest absolute Gasteiger partial charge is 0.101 e. The van der Waals surface area contributed by atoms with Gasteiger partial charge in [-0.1, -0.05) is 29.8 Å². The molecule has 2 aromatic rings.